The van der Waals surface area contributed by atoms with Crippen molar-refractivity contribution < 1.29 is 9.47 Å². The minimum Gasteiger partial charge on any atom is -0.490 e. The standard InChI is InChI=1S/C21H22BrN3O2/c1-15(17-3-5-18(6-4-17)25-8-7-23-14-25)24-13-16-11-19(22)21-20(12-16)26-9-2-10-27-21/h3-8,11-12,14-15,24H,2,9-10,13H2,1H3. The summed E-state index contributed by atoms with van der Waals surface area (Å²) < 4.78 is 14.5. The number of fused-ring (bicyclic) bond motifs is 1. The number of ether oxygens (including phenoxy) is 2. The number of nitrogens with zero attached hydrogens (tertiary/aromatic N) is 2. The van der Waals surface area contributed by atoms with Crippen LogP contribution in [0.1, 0.15) is 30.5 Å². The van der Waals surface area contributed by atoms with Gasteiger partial charge in [-0.3, -0.25) is 0 Å². The normalized spacial score (nSPS) is 14.6. The average Bonchev–Trinajstić information content (AvgIpc) is 3.12. The Morgan fingerprint density at radius 1 is 1.19 bits per heavy atom. The van der Waals surface area contributed by atoms with Gasteiger partial charge in [-0.25, -0.2) is 4.98 Å². The van der Waals surface area contributed by atoms with Crippen LogP contribution < -0.4 is 14.8 Å². The van der Waals surface area contributed by atoms with E-state index in [2.05, 4.69) is 69.6 Å². The third kappa shape index (κ3) is 4.17. The second kappa shape index (κ2) is 8.15. The van der Waals surface area contributed by atoms with Gasteiger partial charge in [0.2, 0.25) is 0 Å². The predicted molar refractivity (Wildman–Crippen MR) is 109 cm³/mol. The van der Waals surface area contributed by atoms with Crippen molar-refractivity contribution in [1.82, 2.24) is 14.9 Å². The molecule has 27 heavy (non-hydrogen) atoms. The van der Waals surface area contributed by atoms with Crippen LogP contribution in [-0.2, 0) is 6.54 Å². The molecule has 1 unspecified atom stereocenters. The Kier molecular flexibility index (Phi) is 5.45. The van der Waals surface area contributed by atoms with Gasteiger partial charge in [0.05, 0.1) is 24.0 Å². The van der Waals surface area contributed by atoms with Gasteiger partial charge in [0.15, 0.2) is 11.5 Å². The molecule has 3 aromatic rings. The van der Waals surface area contributed by atoms with Crippen molar-refractivity contribution in [3.05, 3.63) is 70.7 Å². The first-order valence-electron chi connectivity index (χ1n) is 9.10. The lowest BCUT2D eigenvalue weighted by Crippen LogP contribution is -2.18. The zero-order valence-corrected chi connectivity index (χ0v) is 16.8. The molecule has 1 atom stereocenters. The Labute approximate surface area is 167 Å². The summed E-state index contributed by atoms with van der Waals surface area (Å²) in [6.07, 6.45) is 6.43. The van der Waals surface area contributed by atoms with Crippen molar-refractivity contribution >= 4 is 15.9 Å². The Bertz CT molecular complexity index is 895. The first kappa shape index (κ1) is 18.1. The van der Waals surface area contributed by atoms with Gasteiger partial charge in [-0.1, -0.05) is 12.1 Å². The van der Waals surface area contributed by atoms with Crippen LogP contribution in [0.4, 0.5) is 0 Å². The zero-order chi connectivity index (χ0) is 18.6. The second-order valence-electron chi connectivity index (χ2n) is 6.62. The lowest BCUT2D eigenvalue weighted by Gasteiger charge is -2.17. The van der Waals surface area contributed by atoms with Crippen LogP contribution in [0.5, 0.6) is 11.5 Å². The molecular formula is C21H22BrN3O2. The Morgan fingerprint density at radius 3 is 2.78 bits per heavy atom. The summed E-state index contributed by atoms with van der Waals surface area (Å²) in [6, 6.07) is 12.9. The van der Waals surface area contributed by atoms with E-state index in [1.54, 1.807) is 12.5 Å². The molecule has 2 heterocycles. The van der Waals surface area contributed by atoms with Gasteiger partial charge in [-0.05, 0) is 58.2 Å². The molecule has 4 rings (SSSR count). The minimum atomic E-state index is 0.233. The number of benzene rings is 2. The maximum absolute atomic E-state index is 5.82. The Balaban J connectivity index is 1.42. The maximum atomic E-state index is 5.82. The van der Waals surface area contributed by atoms with E-state index in [-0.39, 0.29) is 6.04 Å². The Morgan fingerprint density at radius 2 is 2.00 bits per heavy atom. The van der Waals surface area contributed by atoms with Gasteiger partial charge in [0.25, 0.3) is 0 Å². The SMILES string of the molecule is CC(NCc1cc(Br)c2c(c1)OCCCO2)c1ccc(-n2ccnc2)cc1. The maximum Gasteiger partial charge on any atom is 0.175 e. The van der Waals surface area contributed by atoms with E-state index in [1.165, 1.54) is 5.56 Å². The largest absolute Gasteiger partial charge is 0.490 e. The van der Waals surface area contributed by atoms with E-state index in [0.717, 1.165) is 40.2 Å². The molecule has 2 aromatic carbocycles. The van der Waals surface area contributed by atoms with E-state index >= 15 is 0 Å². The molecule has 0 spiro atoms. The molecule has 1 aliphatic rings. The van der Waals surface area contributed by atoms with Gasteiger partial charge >= 0.3 is 0 Å². The molecule has 0 saturated heterocycles. The van der Waals surface area contributed by atoms with Crippen LogP contribution in [0.25, 0.3) is 5.69 Å². The fourth-order valence-corrected chi connectivity index (χ4v) is 3.73. The summed E-state index contributed by atoms with van der Waals surface area (Å²) in [5, 5.41) is 3.58. The molecule has 140 valence electrons. The Hall–Kier alpha value is -2.31. The number of nitrogens with one attached hydrogen (secondary N) is 1. The lowest BCUT2D eigenvalue weighted by atomic mass is 10.1. The highest BCUT2D eigenvalue weighted by molar-refractivity contribution is 9.10. The van der Waals surface area contributed by atoms with Gasteiger partial charge in [0, 0.05) is 37.1 Å². The number of imidazole rings is 1. The smallest absolute Gasteiger partial charge is 0.175 e. The third-order valence-corrected chi connectivity index (χ3v) is 5.26. The van der Waals surface area contributed by atoms with Gasteiger partial charge in [0.1, 0.15) is 0 Å². The summed E-state index contributed by atoms with van der Waals surface area (Å²) in [7, 11) is 0. The topological polar surface area (TPSA) is 48.3 Å². The molecule has 6 heteroatoms. The lowest BCUT2D eigenvalue weighted by molar-refractivity contribution is 0.296. The summed E-state index contributed by atoms with van der Waals surface area (Å²) in [6.45, 7) is 4.30. The molecule has 1 N–H and O–H groups in total. The van der Waals surface area contributed by atoms with Crippen LogP contribution >= 0.6 is 15.9 Å². The summed E-state index contributed by atoms with van der Waals surface area (Å²) in [5.74, 6) is 1.62. The highest BCUT2D eigenvalue weighted by atomic mass is 79.9. The highest BCUT2D eigenvalue weighted by Crippen LogP contribution is 2.38. The van der Waals surface area contributed by atoms with E-state index in [4.69, 9.17) is 9.47 Å². The number of aromatic nitrogens is 2. The third-order valence-electron chi connectivity index (χ3n) is 4.67. The van der Waals surface area contributed by atoms with Crippen LogP contribution in [0.2, 0.25) is 0 Å². The fourth-order valence-electron chi connectivity index (χ4n) is 3.12. The first-order valence-corrected chi connectivity index (χ1v) is 9.90. The molecule has 0 saturated carbocycles. The van der Waals surface area contributed by atoms with Crippen LogP contribution in [0, 0.1) is 0 Å². The molecule has 1 aliphatic heterocycles. The van der Waals surface area contributed by atoms with Crippen LogP contribution in [0.15, 0.2) is 59.6 Å². The fraction of sp³-hybridized carbons (Fsp3) is 0.286. The zero-order valence-electron chi connectivity index (χ0n) is 15.2. The van der Waals surface area contributed by atoms with Crippen molar-refractivity contribution in [3.8, 4) is 17.2 Å². The molecule has 0 amide bonds. The molecule has 1 aromatic heterocycles. The van der Waals surface area contributed by atoms with Crippen molar-refractivity contribution in [2.45, 2.75) is 25.9 Å². The summed E-state index contributed by atoms with van der Waals surface area (Å²) in [4.78, 5) is 4.09. The number of rotatable bonds is 5. The van der Waals surface area contributed by atoms with Crippen LogP contribution in [-0.4, -0.2) is 22.8 Å². The molecule has 0 fully saturated rings. The first-order chi connectivity index (χ1) is 13.2. The average molecular weight is 428 g/mol. The molecule has 0 bridgehead atoms. The van der Waals surface area contributed by atoms with E-state index in [0.29, 0.717) is 13.2 Å². The van der Waals surface area contributed by atoms with Crippen molar-refractivity contribution in [1.29, 1.82) is 0 Å². The minimum absolute atomic E-state index is 0.233. The predicted octanol–water partition coefficient (Wildman–Crippen LogP) is 4.65. The monoisotopic (exact) mass is 427 g/mol. The number of hydrogen-bond acceptors (Lipinski definition) is 4. The van der Waals surface area contributed by atoms with Gasteiger partial charge in [-0.15, -0.1) is 0 Å². The van der Waals surface area contributed by atoms with Crippen molar-refractivity contribution in [2.24, 2.45) is 0 Å². The van der Waals surface area contributed by atoms with Crippen molar-refractivity contribution in [3.63, 3.8) is 0 Å². The van der Waals surface area contributed by atoms with Crippen LogP contribution in [0.3, 0.4) is 0 Å². The molecule has 0 radical (unpaired) electrons. The van der Waals surface area contributed by atoms with E-state index in [9.17, 15) is 0 Å². The van der Waals surface area contributed by atoms with E-state index < -0.39 is 0 Å². The van der Waals surface area contributed by atoms with Gasteiger partial charge in [-0.2, -0.15) is 0 Å². The summed E-state index contributed by atoms with van der Waals surface area (Å²) in [5.41, 5.74) is 3.51. The molecular weight excluding hydrogens is 406 g/mol. The van der Waals surface area contributed by atoms with Crippen molar-refractivity contribution in [2.75, 3.05) is 13.2 Å². The second-order valence-corrected chi connectivity index (χ2v) is 7.47. The number of halogens is 1. The summed E-state index contributed by atoms with van der Waals surface area (Å²) >= 11 is 3.61. The molecule has 5 nitrogen and oxygen atoms in total. The van der Waals surface area contributed by atoms with E-state index in [1.807, 2.05) is 10.8 Å². The van der Waals surface area contributed by atoms with Gasteiger partial charge < -0.3 is 19.4 Å². The number of hydrogen-bond donors (Lipinski definition) is 1. The highest BCUT2D eigenvalue weighted by Gasteiger charge is 2.15. The quantitative estimate of drug-likeness (QED) is 0.643. The molecule has 0 aliphatic carbocycles.